The number of nitrogens with one attached hydrogen (secondary N) is 1. The van der Waals surface area contributed by atoms with E-state index in [-0.39, 0.29) is 0 Å². The monoisotopic (exact) mass is 245 g/mol. The van der Waals surface area contributed by atoms with Crippen LogP contribution in [0.25, 0.3) is 10.7 Å². The standard InChI is InChI=1S/C13H15N3S/c1-9-2-5-12(15-6-9)13-16-8-11(17-13)7-14-10-3-4-10/h2,5-6,8,10,14H,3-4,7H2,1H3. The SMILES string of the molecule is Cc1ccc(-c2ncc(CNC3CC3)s2)nc1. The normalized spacial score (nSPS) is 15.1. The summed E-state index contributed by atoms with van der Waals surface area (Å²) >= 11 is 1.73. The largest absolute Gasteiger partial charge is 0.309 e. The van der Waals surface area contributed by atoms with Gasteiger partial charge in [0, 0.05) is 29.9 Å². The minimum Gasteiger partial charge on any atom is -0.309 e. The number of thiazole rings is 1. The first kappa shape index (κ1) is 10.9. The van der Waals surface area contributed by atoms with E-state index in [1.165, 1.54) is 23.3 Å². The van der Waals surface area contributed by atoms with Crippen LogP contribution in [-0.4, -0.2) is 16.0 Å². The summed E-state index contributed by atoms with van der Waals surface area (Å²) < 4.78 is 0. The van der Waals surface area contributed by atoms with Crippen molar-refractivity contribution >= 4 is 11.3 Å². The van der Waals surface area contributed by atoms with Crippen LogP contribution < -0.4 is 5.32 Å². The number of pyridine rings is 1. The number of rotatable bonds is 4. The molecule has 0 unspecified atom stereocenters. The molecule has 1 fully saturated rings. The van der Waals surface area contributed by atoms with Crippen LogP contribution in [0, 0.1) is 6.92 Å². The van der Waals surface area contributed by atoms with Gasteiger partial charge in [-0.15, -0.1) is 11.3 Å². The van der Waals surface area contributed by atoms with Crippen molar-refractivity contribution in [3.05, 3.63) is 35.0 Å². The van der Waals surface area contributed by atoms with Crippen LogP contribution in [0.15, 0.2) is 24.5 Å². The Hall–Kier alpha value is -1.26. The fraction of sp³-hybridized carbons (Fsp3) is 0.385. The van der Waals surface area contributed by atoms with Crippen LogP contribution in [0.3, 0.4) is 0 Å². The molecule has 1 aliphatic carbocycles. The van der Waals surface area contributed by atoms with Crippen molar-refractivity contribution in [1.82, 2.24) is 15.3 Å². The van der Waals surface area contributed by atoms with Crippen LogP contribution in [-0.2, 0) is 6.54 Å². The van der Waals surface area contributed by atoms with E-state index in [2.05, 4.69) is 21.4 Å². The molecule has 17 heavy (non-hydrogen) atoms. The maximum Gasteiger partial charge on any atom is 0.142 e. The number of hydrogen-bond donors (Lipinski definition) is 1. The zero-order chi connectivity index (χ0) is 11.7. The molecule has 0 bridgehead atoms. The third-order valence-corrected chi connectivity index (χ3v) is 3.85. The topological polar surface area (TPSA) is 37.8 Å². The van der Waals surface area contributed by atoms with E-state index in [0.717, 1.165) is 23.3 Å². The lowest BCUT2D eigenvalue weighted by atomic mass is 10.3. The molecule has 3 rings (SSSR count). The minimum atomic E-state index is 0.748. The van der Waals surface area contributed by atoms with Gasteiger partial charge in [-0.3, -0.25) is 4.98 Å². The summed E-state index contributed by atoms with van der Waals surface area (Å²) in [4.78, 5) is 10.1. The molecule has 0 saturated heterocycles. The molecule has 3 nitrogen and oxygen atoms in total. The average molecular weight is 245 g/mol. The fourth-order valence-corrected chi connectivity index (χ4v) is 2.47. The Morgan fingerprint density at radius 1 is 1.29 bits per heavy atom. The molecule has 1 aliphatic rings. The quantitative estimate of drug-likeness (QED) is 0.900. The molecule has 0 atom stereocenters. The van der Waals surface area contributed by atoms with Gasteiger partial charge in [0.25, 0.3) is 0 Å². The van der Waals surface area contributed by atoms with Crippen LogP contribution in [0.1, 0.15) is 23.3 Å². The predicted molar refractivity (Wildman–Crippen MR) is 69.9 cm³/mol. The van der Waals surface area contributed by atoms with Crippen LogP contribution in [0.4, 0.5) is 0 Å². The number of nitrogens with zero attached hydrogens (tertiary/aromatic N) is 2. The summed E-state index contributed by atoms with van der Waals surface area (Å²) in [5.74, 6) is 0. The van der Waals surface area contributed by atoms with Gasteiger partial charge in [-0.1, -0.05) is 6.07 Å². The number of aryl methyl sites for hydroxylation is 1. The Morgan fingerprint density at radius 2 is 2.18 bits per heavy atom. The van der Waals surface area contributed by atoms with E-state index in [9.17, 15) is 0 Å². The van der Waals surface area contributed by atoms with E-state index in [1.54, 1.807) is 11.3 Å². The van der Waals surface area contributed by atoms with Gasteiger partial charge in [-0.2, -0.15) is 0 Å². The lowest BCUT2D eigenvalue weighted by Gasteiger charge is -1.97. The summed E-state index contributed by atoms with van der Waals surface area (Å²) in [5, 5.41) is 4.51. The van der Waals surface area contributed by atoms with Crippen LogP contribution >= 0.6 is 11.3 Å². The molecule has 0 spiro atoms. The second-order valence-corrected chi connectivity index (χ2v) is 5.62. The molecule has 1 saturated carbocycles. The molecule has 2 heterocycles. The molecular formula is C13H15N3S. The van der Waals surface area contributed by atoms with Crippen molar-refractivity contribution < 1.29 is 0 Å². The highest BCUT2D eigenvalue weighted by Gasteiger charge is 2.20. The van der Waals surface area contributed by atoms with Gasteiger partial charge in [0.05, 0.1) is 5.69 Å². The molecule has 1 N–H and O–H groups in total. The molecule has 4 heteroatoms. The van der Waals surface area contributed by atoms with Gasteiger partial charge in [0.2, 0.25) is 0 Å². The van der Waals surface area contributed by atoms with Gasteiger partial charge in [-0.25, -0.2) is 4.98 Å². The Kier molecular flexibility index (Phi) is 2.91. The van der Waals surface area contributed by atoms with Crippen molar-refractivity contribution in [3.8, 4) is 10.7 Å². The van der Waals surface area contributed by atoms with E-state index in [1.807, 2.05) is 25.4 Å². The highest BCUT2D eigenvalue weighted by molar-refractivity contribution is 7.14. The molecule has 2 aromatic rings. The number of aromatic nitrogens is 2. The molecule has 0 amide bonds. The van der Waals surface area contributed by atoms with Crippen molar-refractivity contribution in [2.24, 2.45) is 0 Å². The summed E-state index contributed by atoms with van der Waals surface area (Å²) in [6.45, 7) is 2.98. The third kappa shape index (κ3) is 2.70. The summed E-state index contributed by atoms with van der Waals surface area (Å²) in [7, 11) is 0. The maximum absolute atomic E-state index is 4.43. The van der Waals surface area contributed by atoms with Crippen molar-refractivity contribution in [2.75, 3.05) is 0 Å². The molecule has 2 aromatic heterocycles. The minimum absolute atomic E-state index is 0.748. The zero-order valence-corrected chi connectivity index (χ0v) is 10.6. The molecule has 0 aromatic carbocycles. The van der Waals surface area contributed by atoms with Crippen LogP contribution in [0.2, 0.25) is 0 Å². The van der Waals surface area contributed by atoms with Gasteiger partial charge in [-0.05, 0) is 31.4 Å². The summed E-state index contributed by atoms with van der Waals surface area (Å²) in [6, 6.07) is 4.86. The van der Waals surface area contributed by atoms with E-state index in [0.29, 0.717) is 0 Å². The summed E-state index contributed by atoms with van der Waals surface area (Å²) in [6.07, 6.45) is 6.49. The molecule has 0 radical (unpaired) electrons. The molecular weight excluding hydrogens is 230 g/mol. The molecule has 0 aliphatic heterocycles. The molecule has 88 valence electrons. The Labute approximate surface area is 105 Å². The van der Waals surface area contributed by atoms with Gasteiger partial charge in [0.15, 0.2) is 0 Å². The highest BCUT2D eigenvalue weighted by atomic mass is 32.1. The third-order valence-electron chi connectivity index (χ3n) is 2.83. The van der Waals surface area contributed by atoms with E-state index >= 15 is 0 Å². The zero-order valence-electron chi connectivity index (χ0n) is 9.81. The smallest absolute Gasteiger partial charge is 0.142 e. The van der Waals surface area contributed by atoms with Crippen LogP contribution in [0.5, 0.6) is 0 Å². The first-order valence-electron chi connectivity index (χ1n) is 5.92. The predicted octanol–water partition coefficient (Wildman–Crippen LogP) is 2.77. The number of hydrogen-bond acceptors (Lipinski definition) is 4. The highest BCUT2D eigenvalue weighted by Crippen LogP contribution is 2.25. The Balaban J connectivity index is 1.72. The lowest BCUT2D eigenvalue weighted by Crippen LogP contribution is -2.14. The van der Waals surface area contributed by atoms with Gasteiger partial charge in [0.1, 0.15) is 5.01 Å². The maximum atomic E-state index is 4.43. The Morgan fingerprint density at radius 3 is 2.88 bits per heavy atom. The van der Waals surface area contributed by atoms with E-state index < -0.39 is 0 Å². The van der Waals surface area contributed by atoms with Crippen molar-refractivity contribution in [1.29, 1.82) is 0 Å². The first-order chi connectivity index (χ1) is 8.31. The lowest BCUT2D eigenvalue weighted by molar-refractivity contribution is 0.694. The van der Waals surface area contributed by atoms with Crippen molar-refractivity contribution in [3.63, 3.8) is 0 Å². The van der Waals surface area contributed by atoms with E-state index in [4.69, 9.17) is 0 Å². The summed E-state index contributed by atoms with van der Waals surface area (Å²) in [5.41, 5.74) is 2.15. The second kappa shape index (κ2) is 4.55. The van der Waals surface area contributed by atoms with Gasteiger partial charge >= 0.3 is 0 Å². The Bertz CT molecular complexity index is 500. The van der Waals surface area contributed by atoms with Crippen molar-refractivity contribution in [2.45, 2.75) is 32.4 Å². The first-order valence-corrected chi connectivity index (χ1v) is 6.74. The second-order valence-electron chi connectivity index (χ2n) is 4.51. The fourth-order valence-electron chi connectivity index (χ4n) is 1.63. The average Bonchev–Trinajstić information content (AvgIpc) is 3.06. The van der Waals surface area contributed by atoms with Gasteiger partial charge < -0.3 is 5.32 Å².